The molecule has 1 atom stereocenters. The summed E-state index contributed by atoms with van der Waals surface area (Å²) in [6.45, 7) is 2.62. The molecule has 0 bridgehead atoms. The van der Waals surface area contributed by atoms with Crippen LogP contribution in [0.4, 0.5) is 5.82 Å². The molecule has 132 valence electrons. The highest BCUT2D eigenvalue weighted by molar-refractivity contribution is 7.91. The maximum Gasteiger partial charge on any atom is 0.272 e. The van der Waals surface area contributed by atoms with Crippen LogP contribution in [0.3, 0.4) is 0 Å². The largest absolute Gasteiger partial charge is 0.351 e. The summed E-state index contributed by atoms with van der Waals surface area (Å²) < 4.78 is 23.4. The van der Waals surface area contributed by atoms with Gasteiger partial charge in [-0.3, -0.25) is 4.79 Å². The van der Waals surface area contributed by atoms with Gasteiger partial charge in [-0.1, -0.05) is 12.8 Å². The van der Waals surface area contributed by atoms with Crippen molar-refractivity contribution in [2.45, 2.75) is 51.1 Å². The highest BCUT2D eigenvalue weighted by Crippen LogP contribution is 2.22. The second kappa shape index (κ2) is 7.04. The Hall–Kier alpha value is -1.70. The van der Waals surface area contributed by atoms with Gasteiger partial charge in [-0.05, 0) is 38.3 Å². The SMILES string of the molecule is CCN(c1ccc(C(=O)NC2CCCC2)nn1)C1CCS(=O)(=O)C1. The molecular formula is C16H24N4O3S. The third kappa shape index (κ3) is 3.85. The lowest BCUT2D eigenvalue weighted by Crippen LogP contribution is -2.37. The predicted molar refractivity (Wildman–Crippen MR) is 91.8 cm³/mol. The quantitative estimate of drug-likeness (QED) is 0.855. The average molecular weight is 352 g/mol. The number of nitrogens with one attached hydrogen (secondary N) is 1. The first-order chi connectivity index (χ1) is 11.5. The Balaban J connectivity index is 1.67. The van der Waals surface area contributed by atoms with Crippen LogP contribution in [0.5, 0.6) is 0 Å². The fourth-order valence-corrected chi connectivity index (χ4v) is 5.29. The Bertz CT molecular complexity index is 684. The van der Waals surface area contributed by atoms with Crippen molar-refractivity contribution < 1.29 is 13.2 Å². The summed E-state index contributed by atoms with van der Waals surface area (Å²) in [6, 6.07) is 3.60. The number of sulfone groups is 1. The van der Waals surface area contributed by atoms with E-state index in [0.717, 1.165) is 25.7 Å². The van der Waals surface area contributed by atoms with Crippen LogP contribution in [0.2, 0.25) is 0 Å². The highest BCUT2D eigenvalue weighted by Gasteiger charge is 2.32. The molecule has 1 aliphatic carbocycles. The fraction of sp³-hybridized carbons (Fsp3) is 0.688. The van der Waals surface area contributed by atoms with E-state index in [1.807, 2.05) is 11.8 Å². The van der Waals surface area contributed by atoms with Gasteiger partial charge < -0.3 is 10.2 Å². The normalized spacial score (nSPS) is 23.3. The zero-order chi connectivity index (χ0) is 17.2. The summed E-state index contributed by atoms with van der Waals surface area (Å²) in [5, 5.41) is 11.2. The van der Waals surface area contributed by atoms with Crippen LogP contribution < -0.4 is 10.2 Å². The number of carbonyl (C=O) groups excluding carboxylic acids is 1. The average Bonchev–Trinajstić information content (AvgIpc) is 3.18. The van der Waals surface area contributed by atoms with E-state index >= 15 is 0 Å². The molecule has 0 aromatic carbocycles. The molecule has 2 heterocycles. The van der Waals surface area contributed by atoms with Gasteiger partial charge in [-0.25, -0.2) is 8.42 Å². The third-order valence-corrected chi connectivity index (χ3v) is 6.61. The first-order valence-electron chi connectivity index (χ1n) is 8.60. The van der Waals surface area contributed by atoms with Crippen LogP contribution >= 0.6 is 0 Å². The molecule has 1 N–H and O–H groups in total. The molecule has 1 aliphatic heterocycles. The maximum atomic E-state index is 12.2. The second-order valence-electron chi connectivity index (χ2n) is 6.57. The minimum Gasteiger partial charge on any atom is -0.351 e. The number of carbonyl (C=O) groups is 1. The molecular weight excluding hydrogens is 328 g/mol. The molecule has 8 heteroatoms. The zero-order valence-electron chi connectivity index (χ0n) is 13.9. The number of amides is 1. The van der Waals surface area contributed by atoms with Crippen molar-refractivity contribution in [3.8, 4) is 0 Å². The van der Waals surface area contributed by atoms with Gasteiger partial charge in [0.15, 0.2) is 21.3 Å². The van der Waals surface area contributed by atoms with Crippen molar-refractivity contribution in [3.05, 3.63) is 17.8 Å². The molecule has 1 unspecified atom stereocenters. The number of aromatic nitrogens is 2. The van der Waals surface area contributed by atoms with Crippen molar-refractivity contribution in [2.24, 2.45) is 0 Å². The highest BCUT2D eigenvalue weighted by atomic mass is 32.2. The second-order valence-corrected chi connectivity index (χ2v) is 8.80. The molecule has 24 heavy (non-hydrogen) atoms. The summed E-state index contributed by atoms with van der Waals surface area (Å²) in [5.41, 5.74) is 0.306. The van der Waals surface area contributed by atoms with Gasteiger partial charge in [0.05, 0.1) is 11.5 Å². The lowest BCUT2D eigenvalue weighted by Gasteiger charge is -2.27. The molecule has 0 spiro atoms. The molecule has 1 aromatic rings. The Morgan fingerprint density at radius 3 is 2.54 bits per heavy atom. The first-order valence-corrected chi connectivity index (χ1v) is 10.4. The number of anilines is 1. The van der Waals surface area contributed by atoms with Crippen LogP contribution in [0.1, 0.15) is 49.5 Å². The van der Waals surface area contributed by atoms with Crippen molar-refractivity contribution in [3.63, 3.8) is 0 Å². The van der Waals surface area contributed by atoms with E-state index in [2.05, 4.69) is 15.5 Å². The topological polar surface area (TPSA) is 92.3 Å². The van der Waals surface area contributed by atoms with Crippen LogP contribution in [0.15, 0.2) is 12.1 Å². The number of rotatable bonds is 5. The van der Waals surface area contributed by atoms with Gasteiger partial charge in [0, 0.05) is 18.6 Å². The molecule has 7 nitrogen and oxygen atoms in total. The molecule has 1 saturated heterocycles. The van der Waals surface area contributed by atoms with Crippen molar-refractivity contribution >= 4 is 21.6 Å². The monoisotopic (exact) mass is 352 g/mol. The predicted octanol–water partition coefficient (Wildman–Crippen LogP) is 1.16. The Morgan fingerprint density at radius 1 is 1.25 bits per heavy atom. The summed E-state index contributed by atoms with van der Waals surface area (Å²) in [6.07, 6.45) is 4.98. The fourth-order valence-electron chi connectivity index (χ4n) is 3.56. The summed E-state index contributed by atoms with van der Waals surface area (Å²) in [7, 11) is -2.95. The van der Waals surface area contributed by atoms with Crippen molar-refractivity contribution in [1.29, 1.82) is 0 Å². The van der Waals surface area contributed by atoms with Crippen LogP contribution in [0.25, 0.3) is 0 Å². The number of nitrogens with zero attached hydrogens (tertiary/aromatic N) is 3. The van der Waals surface area contributed by atoms with E-state index < -0.39 is 9.84 Å². The van der Waals surface area contributed by atoms with Gasteiger partial charge in [0.25, 0.3) is 5.91 Å². The molecule has 2 fully saturated rings. The number of hydrogen-bond acceptors (Lipinski definition) is 6. The lowest BCUT2D eigenvalue weighted by molar-refractivity contribution is 0.0932. The molecule has 1 aromatic heterocycles. The van der Waals surface area contributed by atoms with Gasteiger partial charge in [-0.15, -0.1) is 10.2 Å². The molecule has 0 radical (unpaired) electrons. The van der Waals surface area contributed by atoms with E-state index in [0.29, 0.717) is 24.5 Å². The van der Waals surface area contributed by atoms with Crippen molar-refractivity contribution in [1.82, 2.24) is 15.5 Å². The lowest BCUT2D eigenvalue weighted by atomic mass is 10.2. The molecule has 1 amide bonds. The van der Waals surface area contributed by atoms with E-state index in [-0.39, 0.29) is 29.5 Å². The third-order valence-electron chi connectivity index (χ3n) is 4.86. The van der Waals surface area contributed by atoms with Crippen molar-refractivity contribution in [2.75, 3.05) is 23.0 Å². The molecule has 1 saturated carbocycles. The molecule has 2 aliphatic rings. The van der Waals surface area contributed by atoms with Crippen LogP contribution in [-0.2, 0) is 9.84 Å². The minimum absolute atomic E-state index is 0.0625. The van der Waals surface area contributed by atoms with Crippen LogP contribution in [-0.4, -0.2) is 54.7 Å². The van der Waals surface area contributed by atoms with E-state index in [1.165, 1.54) is 0 Å². The van der Waals surface area contributed by atoms with Gasteiger partial charge in [0.2, 0.25) is 0 Å². The van der Waals surface area contributed by atoms with Gasteiger partial charge in [-0.2, -0.15) is 0 Å². The van der Waals surface area contributed by atoms with Gasteiger partial charge >= 0.3 is 0 Å². The molecule has 3 rings (SSSR count). The number of hydrogen-bond donors (Lipinski definition) is 1. The Labute approximate surface area is 142 Å². The van der Waals surface area contributed by atoms with Crippen LogP contribution in [0, 0.1) is 0 Å². The zero-order valence-corrected chi connectivity index (χ0v) is 14.8. The standard InChI is InChI=1S/C16H24N4O3S/c1-2-20(13-9-10-24(22,23)11-13)15-8-7-14(18-19-15)16(21)17-12-5-3-4-6-12/h7-8,12-13H,2-6,9-11H2,1H3,(H,17,21). The Kier molecular flexibility index (Phi) is 5.03. The van der Waals surface area contributed by atoms with E-state index in [1.54, 1.807) is 12.1 Å². The Morgan fingerprint density at radius 2 is 2.00 bits per heavy atom. The van der Waals surface area contributed by atoms with Gasteiger partial charge in [0.1, 0.15) is 0 Å². The summed E-state index contributed by atoms with van der Waals surface area (Å²) in [5.74, 6) is 0.820. The first kappa shape index (κ1) is 17.1. The summed E-state index contributed by atoms with van der Waals surface area (Å²) in [4.78, 5) is 14.1. The van der Waals surface area contributed by atoms with E-state index in [9.17, 15) is 13.2 Å². The maximum absolute atomic E-state index is 12.2. The smallest absolute Gasteiger partial charge is 0.272 e. The summed E-state index contributed by atoms with van der Waals surface area (Å²) >= 11 is 0. The minimum atomic E-state index is -2.95. The van der Waals surface area contributed by atoms with E-state index in [4.69, 9.17) is 0 Å².